The number of carbonyl (C=O) groups excluding carboxylic acids is 2. The first kappa shape index (κ1) is 26.3. The van der Waals surface area contributed by atoms with E-state index in [1.54, 1.807) is 0 Å². The standard InChI is InChI=1S/C14H30N4O2.2ClH/c15-9-3-5-11-18(12-6-4-10-16)14(20)8-2-1-7-13(17)19;;/h1-12,15-16H2,(H2,17,19);2*1H. The van der Waals surface area contributed by atoms with Crippen molar-refractivity contribution in [1.82, 2.24) is 4.90 Å². The van der Waals surface area contributed by atoms with Gasteiger partial charge in [-0.2, -0.15) is 0 Å². The molecular weight excluding hydrogens is 327 g/mol. The third-order valence-electron chi connectivity index (χ3n) is 3.18. The molecule has 0 aliphatic carbocycles. The van der Waals surface area contributed by atoms with Crippen LogP contribution in [0.4, 0.5) is 0 Å². The van der Waals surface area contributed by atoms with Gasteiger partial charge in [-0.3, -0.25) is 9.59 Å². The van der Waals surface area contributed by atoms with Crippen LogP contribution >= 0.6 is 24.8 Å². The molecule has 0 saturated heterocycles. The van der Waals surface area contributed by atoms with Crippen LogP contribution in [-0.2, 0) is 9.59 Å². The lowest BCUT2D eigenvalue weighted by Gasteiger charge is -2.22. The number of nitrogens with two attached hydrogens (primary N) is 3. The van der Waals surface area contributed by atoms with E-state index in [1.807, 2.05) is 4.90 Å². The molecule has 6 nitrogen and oxygen atoms in total. The zero-order valence-electron chi connectivity index (χ0n) is 13.3. The largest absolute Gasteiger partial charge is 0.370 e. The number of carbonyl (C=O) groups is 2. The van der Waals surface area contributed by atoms with Crippen LogP contribution in [0.25, 0.3) is 0 Å². The van der Waals surface area contributed by atoms with Crippen molar-refractivity contribution in [3.63, 3.8) is 0 Å². The lowest BCUT2D eigenvalue weighted by atomic mass is 10.1. The number of rotatable bonds is 13. The Morgan fingerprint density at radius 3 is 1.59 bits per heavy atom. The second-order valence-corrected chi connectivity index (χ2v) is 5.05. The number of hydrogen-bond acceptors (Lipinski definition) is 4. The Labute approximate surface area is 146 Å². The lowest BCUT2D eigenvalue weighted by Crippen LogP contribution is -2.33. The van der Waals surface area contributed by atoms with E-state index in [1.165, 1.54) is 0 Å². The first-order valence-corrected chi connectivity index (χ1v) is 7.58. The molecule has 0 fully saturated rings. The van der Waals surface area contributed by atoms with E-state index >= 15 is 0 Å². The number of hydrogen-bond donors (Lipinski definition) is 3. The average molecular weight is 359 g/mol. The summed E-state index contributed by atoms with van der Waals surface area (Å²) in [6.45, 7) is 2.83. The molecule has 6 N–H and O–H groups in total. The fraction of sp³-hybridized carbons (Fsp3) is 0.857. The molecule has 0 unspecified atom stereocenters. The third kappa shape index (κ3) is 15.8. The summed E-state index contributed by atoms with van der Waals surface area (Å²) >= 11 is 0. The van der Waals surface area contributed by atoms with Gasteiger partial charge in [0.05, 0.1) is 0 Å². The van der Waals surface area contributed by atoms with Crippen LogP contribution in [0, 0.1) is 0 Å². The molecule has 0 radical (unpaired) electrons. The van der Waals surface area contributed by atoms with Gasteiger partial charge in [0.25, 0.3) is 0 Å². The molecule has 134 valence electrons. The smallest absolute Gasteiger partial charge is 0.222 e. The van der Waals surface area contributed by atoms with Crippen molar-refractivity contribution in [2.75, 3.05) is 26.2 Å². The molecule has 0 bridgehead atoms. The minimum atomic E-state index is -0.305. The Hall–Kier alpha value is -0.560. The summed E-state index contributed by atoms with van der Waals surface area (Å²) in [5, 5.41) is 0. The Bertz CT molecular complexity index is 272. The van der Waals surface area contributed by atoms with Gasteiger partial charge in [0, 0.05) is 25.9 Å². The van der Waals surface area contributed by atoms with Crippen LogP contribution in [-0.4, -0.2) is 42.9 Å². The number of halogens is 2. The summed E-state index contributed by atoms with van der Waals surface area (Å²) in [6, 6.07) is 0. The van der Waals surface area contributed by atoms with Crippen LogP contribution < -0.4 is 17.2 Å². The van der Waals surface area contributed by atoms with Gasteiger partial charge in [-0.25, -0.2) is 0 Å². The second-order valence-electron chi connectivity index (χ2n) is 5.05. The number of nitrogens with zero attached hydrogens (tertiary/aromatic N) is 1. The molecule has 0 heterocycles. The molecule has 22 heavy (non-hydrogen) atoms. The molecule has 2 amide bonds. The van der Waals surface area contributed by atoms with Crippen LogP contribution in [0.15, 0.2) is 0 Å². The van der Waals surface area contributed by atoms with Crippen molar-refractivity contribution in [2.24, 2.45) is 17.2 Å². The maximum Gasteiger partial charge on any atom is 0.222 e. The molecule has 0 spiro atoms. The van der Waals surface area contributed by atoms with Crippen LogP contribution in [0.5, 0.6) is 0 Å². The predicted molar refractivity (Wildman–Crippen MR) is 95.3 cm³/mol. The van der Waals surface area contributed by atoms with Crippen molar-refractivity contribution < 1.29 is 9.59 Å². The summed E-state index contributed by atoms with van der Waals surface area (Å²) < 4.78 is 0. The molecule has 0 aromatic rings. The molecule has 0 aromatic heterocycles. The molecule has 0 atom stereocenters. The van der Waals surface area contributed by atoms with Gasteiger partial charge in [0.1, 0.15) is 0 Å². The minimum Gasteiger partial charge on any atom is -0.370 e. The minimum absolute atomic E-state index is 0. The van der Waals surface area contributed by atoms with Gasteiger partial charge in [0.15, 0.2) is 0 Å². The first-order valence-electron chi connectivity index (χ1n) is 7.58. The Kier molecular flexibility index (Phi) is 22.1. The second kappa shape index (κ2) is 18.5. The molecular formula is C14H32Cl2N4O2. The number of amides is 2. The Morgan fingerprint density at radius 2 is 1.18 bits per heavy atom. The van der Waals surface area contributed by atoms with E-state index in [2.05, 4.69) is 0 Å². The summed E-state index contributed by atoms with van der Waals surface area (Å²) in [7, 11) is 0. The molecule has 0 rings (SSSR count). The fourth-order valence-corrected chi connectivity index (χ4v) is 1.99. The van der Waals surface area contributed by atoms with E-state index in [9.17, 15) is 9.59 Å². The quantitative estimate of drug-likeness (QED) is 0.428. The van der Waals surface area contributed by atoms with Crippen LogP contribution in [0.3, 0.4) is 0 Å². The zero-order valence-corrected chi connectivity index (χ0v) is 14.9. The van der Waals surface area contributed by atoms with Gasteiger partial charge in [-0.05, 0) is 51.6 Å². The van der Waals surface area contributed by atoms with E-state index in [-0.39, 0.29) is 36.6 Å². The SMILES string of the molecule is Cl.Cl.NCCCCN(CCCCN)C(=O)CCCCC(N)=O. The highest BCUT2D eigenvalue weighted by Crippen LogP contribution is 2.06. The number of unbranched alkanes of at least 4 members (excludes halogenated alkanes) is 3. The normalized spacial score (nSPS) is 9.55. The molecule has 0 aromatic carbocycles. The molecule has 0 saturated carbocycles. The van der Waals surface area contributed by atoms with Gasteiger partial charge < -0.3 is 22.1 Å². The third-order valence-corrected chi connectivity index (χ3v) is 3.18. The fourth-order valence-electron chi connectivity index (χ4n) is 1.99. The summed E-state index contributed by atoms with van der Waals surface area (Å²) in [5.74, 6) is -0.149. The van der Waals surface area contributed by atoms with Gasteiger partial charge in [-0.1, -0.05) is 0 Å². The van der Waals surface area contributed by atoms with Gasteiger partial charge >= 0.3 is 0 Å². The predicted octanol–water partition coefficient (Wildman–Crippen LogP) is 1.18. The van der Waals surface area contributed by atoms with Crippen LogP contribution in [0.2, 0.25) is 0 Å². The molecule has 0 aliphatic rings. The topological polar surface area (TPSA) is 115 Å². The highest BCUT2D eigenvalue weighted by Gasteiger charge is 2.12. The van der Waals surface area contributed by atoms with Crippen molar-refractivity contribution in [1.29, 1.82) is 0 Å². The maximum absolute atomic E-state index is 12.1. The zero-order chi connectivity index (χ0) is 15.2. The first-order chi connectivity index (χ1) is 9.61. The lowest BCUT2D eigenvalue weighted by molar-refractivity contribution is -0.131. The van der Waals surface area contributed by atoms with E-state index in [0.29, 0.717) is 38.8 Å². The Balaban J connectivity index is -0.00000180. The van der Waals surface area contributed by atoms with Crippen molar-refractivity contribution in [3.8, 4) is 0 Å². The van der Waals surface area contributed by atoms with E-state index in [0.717, 1.165) is 38.8 Å². The Morgan fingerprint density at radius 1 is 0.727 bits per heavy atom. The van der Waals surface area contributed by atoms with Gasteiger partial charge in [0.2, 0.25) is 11.8 Å². The van der Waals surface area contributed by atoms with Crippen LogP contribution in [0.1, 0.15) is 51.4 Å². The number of primary amides is 1. The maximum atomic E-state index is 12.1. The van der Waals surface area contributed by atoms with Gasteiger partial charge in [-0.15, -0.1) is 24.8 Å². The summed E-state index contributed by atoms with van der Waals surface area (Å²) in [4.78, 5) is 24.7. The van der Waals surface area contributed by atoms with Crippen molar-refractivity contribution >= 4 is 36.6 Å². The van der Waals surface area contributed by atoms with Crippen molar-refractivity contribution in [2.45, 2.75) is 51.4 Å². The van der Waals surface area contributed by atoms with E-state index < -0.39 is 0 Å². The highest BCUT2D eigenvalue weighted by atomic mass is 35.5. The average Bonchev–Trinajstić information content (AvgIpc) is 2.42. The summed E-state index contributed by atoms with van der Waals surface area (Å²) in [5.41, 5.74) is 16.0. The molecule has 0 aliphatic heterocycles. The highest BCUT2D eigenvalue weighted by molar-refractivity contribution is 5.85. The monoisotopic (exact) mass is 358 g/mol. The van der Waals surface area contributed by atoms with E-state index in [4.69, 9.17) is 17.2 Å². The summed E-state index contributed by atoms with van der Waals surface area (Å²) in [6.07, 6.45) is 5.97. The van der Waals surface area contributed by atoms with Crippen molar-refractivity contribution in [3.05, 3.63) is 0 Å². The molecule has 8 heteroatoms.